The second-order valence-corrected chi connectivity index (χ2v) is 3.23. The first-order valence-electron chi connectivity index (χ1n) is 4.99. The smallest absolute Gasteiger partial charge is 0.260 e. The van der Waals surface area contributed by atoms with Crippen molar-refractivity contribution in [3.05, 3.63) is 29.3 Å². The molecule has 88 valence electrons. The van der Waals surface area contributed by atoms with Gasteiger partial charge in [-0.25, -0.2) is 8.78 Å². The Bertz CT molecular complexity index is 403. The molecule has 0 fully saturated rings. The quantitative estimate of drug-likeness (QED) is 0.862. The summed E-state index contributed by atoms with van der Waals surface area (Å²) in [5, 5.41) is 9.37. The lowest BCUT2D eigenvalue weighted by molar-refractivity contribution is 0.0764. The Morgan fingerprint density at radius 3 is 2.38 bits per heavy atom. The molecular weight excluding hydrogens is 216 g/mol. The van der Waals surface area contributed by atoms with Crippen LogP contribution >= 0.6 is 0 Å². The van der Waals surface area contributed by atoms with Crippen molar-refractivity contribution >= 4 is 5.91 Å². The minimum absolute atomic E-state index is 0.366. The molecule has 0 aliphatic heterocycles. The summed E-state index contributed by atoms with van der Waals surface area (Å²) in [5.41, 5.74) is -0.608. The van der Waals surface area contributed by atoms with Crippen LogP contribution in [0.5, 0.6) is 5.75 Å². The maximum Gasteiger partial charge on any atom is 0.260 e. The maximum atomic E-state index is 13.4. The van der Waals surface area contributed by atoms with Crippen LogP contribution in [0.4, 0.5) is 8.78 Å². The molecule has 1 rings (SSSR count). The molecule has 0 heterocycles. The Kier molecular flexibility index (Phi) is 3.82. The predicted molar refractivity (Wildman–Crippen MR) is 55.3 cm³/mol. The molecule has 0 bridgehead atoms. The van der Waals surface area contributed by atoms with Gasteiger partial charge in [0.15, 0.2) is 11.6 Å². The van der Waals surface area contributed by atoms with Gasteiger partial charge in [0, 0.05) is 13.1 Å². The van der Waals surface area contributed by atoms with Gasteiger partial charge in [-0.15, -0.1) is 0 Å². The van der Waals surface area contributed by atoms with E-state index in [2.05, 4.69) is 0 Å². The summed E-state index contributed by atoms with van der Waals surface area (Å²) >= 11 is 0. The second kappa shape index (κ2) is 4.92. The third-order valence-electron chi connectivity index (χ3n) is 2.34. The number of benzene rings is 1. The number of hydrogen-bond acceptors (Lipinski definition) is 2. The average Bonchev–Trinajstić information content (AvgIpc) is 2.26. The zero-order valence-corrected chi connectivity index (χ0v) is 9.13. The van der Waals surface area contributed by atoms with Crippen LogP contribution in [0.25, 0.3) is 0 Å². The number of rotatable bonds is 3. The minimum Gasteiger partial charge on any atom is -0.507 e. The molecule has 0 radical (unpaired) electrons. The van der Waals surface area contributed by atoms with Gasteiger partial charge in [0.2, 0.25) is 0 Å². The number of carbonyl (C=O) groups excluding carboxylic acids is 1. The Morgan fingerprint density at radius 1 is 1.31 bits per heavy atom. The molecule has 3 nitrogen and oxygen atoms in total. The first-order chi connectivity index (χ1) is 7.52. The van der Waals surface area contributed by atoms with E-state index in [0.717, 1.165) is 12.1 Å². The molecule has 0 aliphatic rings. The fraction of sp³-hybridized carbons (Fsp3) is 0.364. The van der Waals surface area contributed by atoms with E-state index in [1.165, 1.54) is 4.90 Å². The van der Waals surface area contributed by atoms with Gasteiger partial charge >= 0.3 is 0 Å². The molecule has 0 saturated heterocycles. The number of phenols is 1. The molecule has 0 atom stereocenters. The van der Waals surface area contributed by atoms with Gasteiger partial charge in [0.05, 0.1) is 0 Å². The van der Waals surface area contributed by atoms with Gasteiger partial charge in [-0.05, 0) is 26.0 Å². The molecule has 16 heavy (non-hydrogen) atoms. The maximum absolute atomic E-state index is 13.4. The van der Waals surface area contributed by atoms with Gasteiger partial charge in [0.1, 0.15) is 11.3 Å². The fourth-order valence-electron chi connectivity index (χ4n) is 1.41. The van der Waals surface area contributed by atoms with Crippen LogP contribution in [-0.2, 0) is 0 Å². The third-order valence-corrected chi connectivity index (χ3v) is 2.34. The molecule has 0 aliphatic carbocycles. The summed E-state index contributed by atoms with van der Waals surface area (Å²) in [6.07, 6.45) is 0. The number of amides is 1. The number of halogens is 2. The third kappa shape index (κ3) is 2.13. The second-order valence-electron chi connectivity index (χ2n) is 3.23. The highest BCUT2D eigenvalue weighted by Crippen LogP contribution is 2.23. The molecule has 1 aromatic carbocycles. The van der Waals surface area contributed by atoms with Gasteiger partial charge in [0.25, 0.3) is 5.91 Å². The molecule has 0 saturated carbocycles. The van der Waals surface area contributed by atoms with E-state index < -0.39 is 28.9 Å². The number of phenolic OH excluding ortho intramolecular Hbond substituents is 1. The highest BCUT2D eigenvalue weighted by molar-refractivity contribution is 5.97. The SMILES string of the molecule is CCN(CC)C(=O)c1c(O)ccc(F)c1F. The van der Waals surface area contributed by atoms with Crippen molar-refractivity contribution in [3.63, 3.8) is 0 Å². The highest BCUT2D eigenvalue weighted by atomic mass is 19.2. The molecule has 1 aromatic rings. The van der Waals surface area contributed by atoms with Crippen molar-refractivity contribution in [1.82, 2.24) is 4.90 Å². The highest BCUT2D eigenvalue weighted by Gasteiger charge is 2.23. The summed E-state index contributed by atoms with van der Waals surface area (Å²) < 4.78 is 26.3. The van der Waals surface area contributed by atoms with Crippen LogP contribution in [0, 0.1) is 11.6 Å². The van der Waals surface area contributed by atoms with Gasteiger partial charge in [-0.2, -0.15) is 0 Å². The number of aromatic hydroxyl groups is 1. The zero-order valence-electron chi connectivity index (χ0n) is 9.13. The Morgan fingerprint density at radius 2 is 1.88 bits per heavy atom. The Labute approximate surface area is 92.3 Å². The monoisotopic (exact) mass is 229 g/mol. The molecule has 0 unspecified atom stereocenters. The molecular formula is C11H13F2NO2. The lowest BCUT2D eigenvalue weighted by Gasteiger charge is -2.19. The summed E-state index contributed by atoms with van der Waals surface area (Å²) in [7, 11) is 0. The van der Waals surface area contributed by atoms with Crippen molar-refractivity contribution in [2.75, 3.05) is 13.1 Å². The minimum atomic E-state index is -1.31. The summed E-state index contributed by atoms with van der Waals surface area (Å²) in [4.78, 5) is 13.1. The standard InChI is InChI=1S/C11H13F2NO2/c1-3-14(4-2)11(16)9-8(15)6-5-7(12)10(9)13/h5-6,15H,3-4H2,1-2H3. The lowest BCUT2D eigenvalue weighted by atomic mass is 10.1. The lowest BCUT2D eigenvalue weighted by Crippen LogP contribution is -2.31. The van der Waals surface area contributed by atoms with E-state index in [1.54, 1.807) is 13.8 Å². The van der Waals surface area contributed by atoms with Crippen LogP contribution in [0.1, 0.15) is 24.2 Å². The van der Waals surface area contributed by atoms with E-state index in [1.807, 2.05) is 0 Å². The number of nitrogens with zero attached hydrogens (tertiary/aromatic N) is 1. The van der Waals surface area contributed by atoms with Crippen LogP contribution in [0.2, 0.25) is 0 Å². The topological polar surface area (TPSA) is 40.5 Å². The normalized spacial score (nSPS) is 10.2. The van der Waals surface area contributed by atoms with Crippen molar-refractivity contribution < 1.29 is 18.7 Å². The van der Waals surface area contributed by atoms with Crippen molar-refractivity contribution in [3.8, 4) is 5.75 Å². The van der Waals surface area contributed by atoms with Crippen LogP contribution in [0.15, 0.2) is 12.1 Å². The van der Waals surface area contributed by atoms with E-state index >= 15 is 0 Å². The summed E-state index contributed by atoms with van der Waals surface area (Å²) in [6.45, 7) is 4.17. The van der Waals surface area contributed by atoms with Crippen LogP contribution in [-0.4, -0.2) is 29.0 Å². The largest absolute Gasteiger partial charge is 0.507 e. The van der Waals surface area contributed by atoms with Gasteiger partial charge < -0.3 is 10.0 Å². The summed E-state index contributed by atoms with van der Waals surface area (Å²) in [6, 6.07) is 1.75. The van der Waals surface area contributed by atoms with Crippen molar-refractivity contribution in [2.45, 2.75) is 13.8 Å². The fourth-order valence-corrected chi connectivity index (χ4v) is 1.41. The van der Waals surface area contributed by atoms with Crippen LogP contribution in [0.3, 0.4) is 0 Å². The van der Waals surface area contributed by atoms with Crippen LogP contribution < -0.4 is 0 Å². The Balaban J connectivity index is 3.22. The van der Waals surface area contributed by atoms with Crippen molar-refractivity contribution in [2.24, 2.45) is 0 Å². The molecule has 1 amide bonds. The van der Waals surface area contributed by atoms with E-state index in [4.69, 9.17) is 0 Å². The van der Waals surface area contributed by atoms with Gasteiger partial charge in [-0.1, -0.05) is 0 Å². The van der Waals surface area contributed by atoms with Gasteiger partial charge in [-0.3, -0.25) is 4.79 Å². The Hall–Kier alpha value is -1.65. The molecule has 0 spiro atoms. The molecule has 0 aromatic heterocycles. The first kappa shape index (κ1) is 12.4. The average molecular weight is 229 g/mol. The van der Waals surface area contributed by atoms with E-state index in [-0.39, 0.29) is 0 Å². The first-order valence-corrected chi connectivity index (χ1v) is 4.99. The summed E-state index contributed by atoms with van der Waals surface area (Å²) in [5.74, 6) is -3.71. The molecule has 5 heteroatoms. The number of carbonyl (C=O) groups is 1. The van der Waals surface area contributed by atoms with E-state index in [9.17, 15) is 18.7 Å². The molecule has 1 N–H and O–H groups in total. The van der Waals surface area contributed by atoms with E-state index in [0.29, 0.717) is 13.1 Å². The zero-order chi connectivity index (χ0) is 12.3. The predicted octanol–water partition coefficient (Wildman–Crippen LogP) is 2.15. The number of hydrogen-bond donors (Lipinski definition) is 1. The van der Waals surface area contributed by atoms with Crippen molar-refractivity contribution in [1.29, 1.82) is 0 Å².